The molecule has 4 heterocycles. The normalized spacial score (nSPS) is 13.3. The number of carbonyl (C=O) groups is 6. The topological polar surface area (TPSA) is 165 Å². The van der Waals surface area contributed by atoms with E-state index >= 15 is 0 Å². The van der Waals surface area contributed by atoms with E-state index in [-0.39, 0.29) is 48.7 Å². The minimum atomic E-state index is -0.377. The van der Waals surface area contributed by atoms with Gasteiger partial charge in [0.1, 0.15) is 5.52 Å². The Kier molecular flexibility index (Phi) is 9.81. The van der Waals surface area contributed by atoms with Crippen LogP contribution in [0.25, 0.3) is 21.8 Å². The van der Waals surface area contributed by atoms with Crippen LogP contribution < -0.4 is 4.68 Å². The molecule has 14 nitrogen and oxygen atoms in total. The summed E-state index contributed by atoms with van der Waals surface area (Å²) >= 11 is 0. The number of carbonyl (C=O) groups excluding carboxylic acids is 6. The van der Waals surface area contributed by atoms with Crippen molar-refractivity contribution in [3.63, 3.8) is 0 Å². The molecule has 0 saturated carbocycles. The van der Waals surface area contributed by atoms with Gasteiger partial charge >= 0.3 is 11.9 Å². The van der Waals surface area contributed by atoms with Gasteiger partial charge in [0.05, 0.1) is 76.8 Å². The molecule has 2 aliphatic heterocycles. The Labute approximate surface area is 308 Å². The Balaban J connectivity index is 0.000000167. The molecule has 0 spiro atoms. The Hall–Kier alpha value is -6.96. The first-order valence-electron chi connectivity index (χ1n) is 17.4. The van der Waals surface area contributed by atoms with Gasteiger partial charge in [-0.15, -0.1) is 4.68 Å². The second-order valence-electron chi connectivity index (χ2n) is 12.4. The molecule has 8 rings (SSSR count). The fourth-order valence-electron chi connectivity index (χ4n) is 6.48. The van der Waals surface area contributed by atoms with Gasteiger partial charge in [-0.25, -0.2) is 9.59 Å². The number of amides is 4. The Morgan fingerprint density at radius 3 is 1.69 bits per heavy atom. The summed E-state index contributed by atoms with van der Waals surface area (Å²) in [5, 5.41) is 9.15. The van der Waals surface area contributed by atoms with E-state index in [9.17, 15) is 28.8 Å². The van der Waals surface area contributed by atoms with E-state index < -0.39 is 0 Å². The van der Waals surface area contributed by atoms with Crippen LogP contribution in [0.1, 0.15) is 76.0 Å². The number of H-pyrrole nitrogens is 1. The molecular weight excluding hydrogens is 692 g/mol. The lowest BCUT2D eigenvalue weighted by Crippen LogP contribution is -2.43. The van der Waals surface area contributed by atoms with Crippen molar-refractivity contribution >= 4 is 57.4 Å². The van der Waals surface area contributed by atoms with Gasteiger partial charge in [-0.1, -0.05) is 24.3 Å². The molecule has 0 aliphatic carbocycles. The first-order chi connectivity index (χ1) is 26.2. The van der Waals surface area contributed by atoms with Gasteiger partial charge in [-0.3, -0.25) is 33.7 Å². The van der Waals surface area contributed by atoms with E-state index in [0.717, 1.165) is 21.8 Å². The number of imide groups is 2. The number of benzene rings is 4. The van der Waals surface area contributed by atoms with Crippen LogP contribution in [-0.4, -0.2) is 86.5 Å². The summed E-state index contributed by atoms with van der Waals surface area (Å²) in [6, 6.07) is 24.1. The summed E-state index contributed by atoms with van der Waals surface area (Å²) in [6.07, 6.45) is 3.50. The molecule has 272 valence electrons. The maximum Gasteiger partial charge on any atom is 0.338 e. The highest BCUT2D eigenvalue weighted by Crippen LogP contribution is 2.24. The summed E-state index contributed by atoms with van der Waals surface area (Å²) in [6.45, 7) is 5.44. The van der Waals surface area contributed by atoms with Crippen LogP contribution in [0, 0.1) is 0 Å². The lowest BCUT2D eigenvalue weighted by atomic mass is 10.1. The number of esters is 2. The molecule has 0 atom stereocenters. The van der Waals surface area contributed by atoms with Crippen molar-refractivity contribution in [1.82, 2.24) is 24.7 Å². The van der Waals surface area contributed by atoms with Crippen molar-refractivity contribution in [2.75, 3.05) is 26.3 Å². The van der Waals surface area contributed by atoms with Gasteiger partial charge in [-0.05, 0) is 74.5 Å². The van der Waals surface area contributed by atoms with Gasteiger partial charge < -0.3 is 9.47 Å². The number of hydrogen-bond acceptors (Lipinski definition) is 9. The van der Waals surface area contributed by atoms with Crippen LogP contribution in [0.3, 0.4) is 0 Å². The maximum absolute atomic E-state index is 12.4. The molecule has 0 fully saturated rings. The third-order valence-electron chi connectivity index (χ3n) is 9.13. The highest BCUT2D eigenvalue weighted by atomic mass is 16.5. The monoisotopic (exact) mass is 727 g/mol. The summed E-state index contributed by atoms with van der Waals surface area (Å²) in [7, 11) is 0. The number of nitrogens with one attached hydrogen (secondary N) is 1. The zero-order valence-corrected chi connectivity index (χ0v) is 29.5. The average molecular weight is 728 g/mol. The third kappa shape index (κ3) is 6.72. The molecule has 0 saturated heterocycles. The number of hydrogen-bond donors (Lipinski definition) is 1. The van der Waals surface area contributed by atoms with Crippen LogP contribution in [0.5, 0.6) is 0 Å². The molecule has 0 bridgehead atoms. The van der Waals surface area contributed by atoms with Crippen molar-refractivity contribution in [2.24, 2.45) is 0 Å². The van der Waals surface area contributed by atoms with E-state index in [1.807, 2.05) is 6.20 Å². The van der Waals surface area contributed by atoms with Crippen molar-refractivity contribution in [3.05, 3.63) is 131 Å². The molecule has 14 heteroatoms. The van der Waals surface area contributed by atoms with Gasteiger partial charge in [0, 0.05) is 11.9 Å². The summed E-state index contributed by atoms with van der Waals surface area (Å²) in [4.78, 5) is 75.9. The van der Waals surface area contributed by atoms with Crippen molar-refractivity contribution < 1.29 is 42.9 Å². The van der Waals surface area contributed by atoms with Crippen LogP contribution >= 0.6 is 0 Å². The summed E-state index contributed by atoms with van der Waals surface area (Å²) in [5.74, 6) is -1.83. The van der Waals surface area contributed by atoms with Crippen LogP contribution in [-0.2, 0) is 22.6 Å². The standard InChI is InChI=1S/2C20H17N3O4/c1-2-27-20(26)13-7-8-17-14(11-13)12-22(21-17)9-10-23-18(24)15-5-3-4-6-16(15)19(23)25;1-2-27-20(26)13-7-8-17-14(11-13)12-21-23(17)10-9-22-18(24)15-5-3-4-6-16(15)19(22)25/h2*3-8,11-12H,2,9-10H2,1H3/p+1. The average Bonchev–Trinajstić information content (AvgIpc) is 3.92. The molecule has 2 aliphatic rings. The van der Waals surface area contributed by atoms with E-state index in [4.69, 9.17) is 9.47 Å². The summed E-state index contributed by atoms with van der Waals surface area (Å²) in [5.41, 5.74) is 4.38. The highest BCUT2D eigenvalue weighted by molar-refractivity contribution is 6.22. The van der Waals surface area contributed by atoms with E-state index in [1.54, 1.807) is 114 Å². The lowest BCUT2D eigenvalue weighted by molar-refractivity contribution is -0.747. The highest BCUT2D eigenvalue weighted by Gasteiger charge is 2.36. The van der Waals surface area contributed by atoms with E-state index in [0.29, 0.717) is 59.7 Å². The second kappa shape index (κ2) is 14.9. The molecule has 1 N–H and O–H groups in total. The molecule has 54 heavy (non-hydrogen) atoms. The number of nitrogens with zero attached hydrogens (tertiary/aromatic N) is 5. The van der Waals surface area contributed by atoms with Gasteiger partial charge in [0.2, 0.25) is 6.20 Å². The summed E-state index contributed by atoms with van der Waals surface area (Å²) < 4.78 is 13.5. The van der Waals surface area contributed by atoms with Gasteiger partial charge in [0.25, 0.3) is 23.6 Å². The number of aromatic amines is 1. The third-order valence-corrected chi connectivity index (χ3v) is 9.13. The zero-order chi connectivity index (χ0) is 37.9. The largest absolute Gasteiger partial charge is 0.462 e. The number of aromatic nitrogens is 4. The number of rotatable bonds is 10. The van der Waals surface area contributed by atoms with Crippen LogP contribution in [0.4, 0.5) is 0 Å². The fraction of sp³-hybridized carbons (Fsp3) is 0.200. The molecule has 0 unspecified atom stereocenters. The van der Waals surface area contributed by atoms with Crippen LogP contribution in [0.2, 0.25) is 0 Å². The molecule has 4 aromatic carbocycles. The molecule has 4 amide bonds. The van der Waals surface area contributed by atoms with Gasteiger partial charge in [0.15, 0.2) is 6.54 Å². The predicted molar refractivity (Wildman–Crippen MR) is 194 cm³/mol. The Morgan fingerprint density at radius 1 is 0.648 bits per heavy atom. The zero-order valence-electron chi connectivity index (χ0n) is 29.5. The maximum atomic E-state index is 12.4. The van der Waals surface area contributed by atoms with Crippen molar-refractivity contribution in [2.45, 2.75) is 26.9 Å². The predicted octanol–water partition coefficient (Wildman–Crippen LogP) is 4.44. The lowest BCUT2D eigenvalue weighted by Gasteiger charge is -2.14. The smallest absolute Gasteiger partial charge is 0.338 e. The minimum Gasteiger partial charge on any atom is -0.462 e. The van der Waals surface area contributed by atoms with Crippen LogP contribution in [0.15, 0.2) is 97.3 Å². The first-order valence-corrected chi connectivity index (χ1v) is 17.4. The van der Waals surface area contributed by atoms with Crippen molar-refractivity contribution in [3.8, 4) is 0 Å². The Morgan fingerprint density at radius 2 is 1.15 bits per heavy atom. The molecule has 2 aromatic heterocycles. The first kappa shape index (κ1) is 35.4. The van der Waals surface area contributed by atoms with Gasteiger partial charge in [-0.2, -0.15) is 10.2 Å². The minimum absolute atomic E-state index is 0.225. The second-order valence-corrected chi connectivity index (χ2v) is 12.4. The number of fused-ring (bicyclic) bond motifs is 4. The molecule has 6 aromatic rings. The van der Waals surface area contributed by atoms with Crippen molar-refractivity contribution in [1.29, 1.82) is 0 Å². The molecular formula is C40H35N6O8+. The number of ether oxygens (including phenoxy) is 2. The van der Waals surface area contributed by atoms with E-state index in [2.05, 4.69) is 10.2 Å². The fourth-order valence-corrected chi connectivity index (χ4v) is 6.48. The molecule has 0 radical (unpaired) electrons. The Bertz CT molecular complexity index is 2390. The van der Waals surface area contributed by atoms with E-state index in [1.165, 1.54) is 9.80 Å². The SMILES string of the molecule is CCOC(=O)c1ccc2[nH][n+](CCN3C(=O)c4ccccc4C3=O)cc2c1.CCOC(=O)c1ccc2c(cnn2CCN2C(=O)c3ccccc3C2=O)c1. The quantitative estimate of drug-likeness (QED) is 0.122.